The number of aromatic nitrogens is 2. The van der Waals surface area contributed by atoms with Crippen LogP contribution >= 0.6 is 0 Å². The fourth-order valence-electron chi connectivity index (χ4n) is 3.40. The molecule has 0 atom stereocenters. The number of urea groups is 1. The van der Waals surface area contributed by atoms with Gasteiger partial charge in [0.25, 0.3) is 5.91 Å². The van der Waals surface area contributed by atoms with E-state index in [1.807, 2.05) is 5.32 Å². The van der Waals surface area contributed by atoms with E-state index in [1.54, 1.807) is 0 Å². The molecule has 0 unspecified atom stereocenters. The lowest BCUT2D eigenvalue weighted by Crippen LogP contribution is -2.46. The quantitative estimate of drug-likeness (QED) is 0.716. The Morgan fingerprint density at radius 1 is 1.13 bits per heavy atom. The molecule has 1 aliphatic carbocycles. The Kier molecular flexibility index (Phi) is 6.58. The van der Waals surface area contributed by atoms with Crippen molar-refractivity contribution in [2.45, 2.75) is 50.9 Å². The van der Waals surface area contributed by atoms with Crippen LogP contribution in [0.3, 0.4) is 0 Å². The first-order chi connectivity index (χ1) is 14.2. The summed E-state index contributed by atoms with van der Waals surface area (Å²) in [6.45, 7) is -1.57. The summed E-state index contributed by atoms with van der Waals surface area (Å²) in [5.41, 5.74) is 0.188. The van der Waals surface area contributed by atoms with Gasteiger partial charge in [0.15, 0.2) is 6.61 Å². The van der Waals surface area contributed by atoms with Crippen LogP contribution in [0.2, 0.25) is 0 Å². The lowest BCUT2D eigenvalue weighted by Gasteiger charge is -2.22. The molecule has 1 fully saturated rings. The van der Waals surface area contributed by atoms with E-state index in [0.717, 1.165) is 32.1 Å². The van der Waals surface area contributed by atoms with Gasteiger partial charge in [-0.1, -0.05) is 31.4 Å². The van der Waals surface area contributed by atoms with E-state index in [4.69, 9.17) is 4.74 Å². The third-order valence-corrected chi connectivity index (χ3v) is 4.75. The van der Waals surface area contributed by atoms with Gasteiger partial charge in [-0.15, -0.1) is 0 Å². The van der Waals surface area contributed by atoms with Crippen molar-refractivity contribution in [3.63, 3.8) is 0 Å². The lowest BCUT2D eigenvalue weighted by molar-refractivity contribution is -0.153. The molecule has 1 saturated carbocycles. The number of carbonyl (C=O) groups is 3. The molecule has 2 aromatic rings. The zero-order chi connectivity index (χ0) is 21.7. The largest absolute Gasteiger partial charge is 0.454 e. The summed E-state index contributed by atoms with van der Waals surface area (Å²) in [7, 11) is 0. The molecule has 3 rings (SSSR count). The zero-order valence-electron chi connectivity index (χ0n) is 16.0. The molecule has 1 aliphatic rings. The van der Waals surface area contributed by atoms with Gasteiger partial charge in [0, 0.05) is 6.04 Å². The average molecular weight is 426 g/mol. The monoisotopic (exact) mass is 426 g/mol. The van der Waals surface area contributed by atoms with Crippen molar-refractivity contribution in [2.75, 3.05) is 6.61 Å². The number of benzene rings is 1. The molecule has 11 heteroatoms. The van der Waals surface area contributed by atoms with Gasteiger partial charge >= 0.3 is 18.2 Å². The molecule has 0 saturated heterocycles. The lowest BCUT2D eigenvalue weighted by atomic mass is 9.96. The standard InChI is InChI=1S/C19H21F3N4O4/c20-19(21,22)17-24-13-8-4-5-9-14(13)26(17)10-16(28)30-11-15(27)25-18(29)23-12-6-2-1-3-7-12/h4-5,8-9,12H,1-3,6-7,10-11H2,(H2,23,25,27,29). The van der Waals surface area contributed by atoms with Gasteiger partial charge in [-0.25, -0.2) is 9.78 Å². The molecule has 1 aromatic carbocycles. The van der Waals surface area contributed by atoms with E-state index in [-0.39, 0.29) is 17.1 Å². The number of fused-ring (bicyclic) bond motifs is 1. The molecular formula is C19H21F3N4O4. The average Bonchev–Trinajstić information content (AvgIpc) is 3.06. The van der Waals surface area contributed by atoms with Gasteiger partial charge in [-0.2, -0.15) is 13.2 Å². The summed E-state index contributed by atoms with van der Waals surface area (Å²) in [4.78, 5) is 39.1. The summed E-state index contributed by atoms with van der Waals surface area (Å²) in [5.74, 6) is -3.17. The van der Waals surface area contributed by atoms with Crippen LogP contribution in [-0.4, -0.2) is 40.1 Å². The second-order valence-corrected chi connectivity index (χ2v) is 7.03. The maximum atomic E-state index is 13.2. The number of para-hydroxylation sites is 2. The summed E-state index contributed by atoms with van der Waals surface area (Å²) >= 11 is 0. The third-order valence-electron chi connectivity index (χ3n) is 4.75. The van der Waals surface area contributed by atoms with Crippen molar-refractivity contribution in [2.24, 2.45) is 0 Å². The molecular weight excluding hydrogens is 405 g/mol. The number of rotatable bonds is 5. The van der Waals surface area contributed by atoms with Gasteiger partial charge in [-0.3, -0.25) is 14.9 Å². The highest BCUT2D eigenvalue weighted by atomic mass is 19.4. The first-order valence-electron chi connectivity index (χ1n) is 9.52. The van der Waals surface area contributed by atoms with Crippen LogP contribution in [0.5, 0.6) is 0 Å². The van der Waals surface area contributed by atoms with Crippen LogP contribution in [0.25, 0.3) is 11.0 Å². The highest BCUT2D eigenvalue weighted by Crippen LogP contribution is 2.31. The SMILES string of the molecule is O=C(COC(=O)Cn1c(C(F)(F)F)nc2ccccc21)NC(=O)NC1CCCCC1. The first kappa shape index (κ1) is 21.6. The second-order valence-electron chi connectivity index (χ2n) is 7.03. The summed E-state index contributed by atoms with van der Waals surface area (Å²) in [5, 5.41) is 4.71. The summed E-state index contributed by atoms with van der Waals surface area (Å²) in [6.07, 6.45) is -0.00246. The number of ether oxygens (including phenoxy) is 1. The predicted octanol–water partition coefficient (Wildman–Crippen LogP) is 2.76. The fourth-order valence-corrected chi connectivity index (χ4v) is 3.40. The van der Waals surface area contributed by atoms with E-state index in [1.165, 1.54) is 24.3 Å². The first-order valence-corrected chi connectivity index (χ1v) is 9.52. The molecule has 0 spiro atoms. The maximum absolute atomic E-state index is 13.2. The number of halogens is 3. The number of imide groups is 1. The molecule has 162 valence electrons. The molecule has 30 heavy (non-hydrogen) atoms. The highest BCUT2D eigenvalue weighted by molar-refractivity contribution is 5.95. The molecule has 8 nitrogen and oxygen atoms in total. The normalized spacial score (nSPS) is 15.0. The van der Waals surface area contributed by atoms with E-state index < -0.39 is 43.1 Å². The summed E-state index contributed by atoms with van der Waals surface area (Å²) in [6, 6.07) is 5.13. The Labute approximate surface area is 169 Å². The second kappa shape index (κ2) is 9.14. The minimum absolute atomic E-state index is 0.00980. The van der Waals surface area contributed by atoms with Crippen molar-refractivity contribution < 1.29 is 32.3 Å². The molecule has 3 amide bonds. The molecule has 1 heterocycles. The topological polar surface area (TPSA) is 102 Å². The number of carbonyl (C=O) groups excluding carboxylic acids is 3. The zero-order valence-corrected chi connectivity index (χ0v) is 16.0. The van der Waals surface area contributed by atoms with Gasteiger partial charge in [0.2, 0.25) is 5.82 Å². The Bertz CT molecular complexity index is 935. The number of hydrogen-bond donors (Lipinski definition) is 2. The minimum atomic E-state index is -4.77. The van der Waals surface area contributed by atoms with Crippen LogP contribution in [0.4, 0.5) is 18.0 Å². The van der Waals surface area contributed by atoms with Crippen molar-refractivity contribution >= 4 is 28.9 Å². The molecule has 1 aromatic heterocycles. The van der Waals surface area contributed by atoms with E-state index in [9.17, 15) is 27.6 Å². The van der Waals surface area contributed by atoms with Crippen molar-refractivity contribution in [3.8, 4) is 0 Å². The number of esters is 1. The number of nitrogens with one attached hydrogen (secondary N) is 2. The van der Waals surface area contributed by atoms with Crippen LogP contribution in [0.15, 0.2) is 24.3 Å². The number of hydrogen-bond acceptors (Lipinski definition) is 5. The minimum Gasteiger partial charge on any atom is -0.454 e. The van der Waals surface area contributed by atoms with Crippen LogP contribution in [0.1, 0.15) is 37.9 Å². The van der Waals surface area contributed by atoms with Crippen molar-refractivity contribution in [3.05, 3.63) is 30.1 Å². The Morgan fingerprint density at radius 3 is 2.53 bits per heavy atom. The predicted molar refractivity (Wildman–Crippen MR) is 99.2 cm³/mol. The Morgan fingerprint density at radius 2 is 1.83 bits per heavy atom. The van der Waals surface area contributed by atoms with E-state index in [2.05, 4.69) is 10.3 Å². The molecule has 0 aliphatic heterocycles. The van der Waals surface area contributed by atoms with E-state index >= 15 is 0 Å². The van der Waals surface area contributed by atoms with E-state index in [0.29, 0.717) is 4.57 Å². The Balaban J connectivity index is 1.54. The van der Waals surface area contributed by atoms with Crippen molar-refractivity contribution in [1.82, 2.24) is 20.2 Å². The van der Waals surface area contributed by atoms with Gasteiger partial charge in [-0.05, 0) is 25.0 Å². The third kappa shape index (κ3) is 5.49. The molecule has 0 bridgehead atoms. The number of nitrogens with zero attached hydrogens (tertiary/aromatic N) is 2. The smallest absolute Gasteiger partial charge is 0.449 e. The Hall–Kier alpha value is -3.11. The van der Waals surface area contributed by atoms with Crippen LogP contribution < -0.4 is 10.6 Å². The number of amides is 3. The van der Waals surface area contributed by atoms with Gasteiger partial charge in [0.1, 0.15) is 6.54 Å². The van der Waals surface area contributed by atoms with Crippen molar-refractivity contribution in [1.29, 1.82) is 0 Å². The number of imidazole rings is 1. The highest BCUT2D eigenvalue weighted by Gasteiger charge is 2.38. The molecule has 2 N–H and O–H groups in total. The summed E-state index contributed by atoms with van der Waals surface area (Å²) < 4.78 is 45.2. The molecule has 0 radical (unpaired) electrons. The number of alkyl halides is 3. The maximum Gasteiger partial charge on any atom is 0.449 e. The van der Waals surface area contributed by atoms with Crippen LogP contribution in [0, 0.1) is 0 Å². The fraction of sp³-hybridized carbons (Fsp3) is 0.474. The van der Waals surface area contributed by atoms with Gasteiger partial charge < -0.3 is 14.6 Å². The van der Waals surface area contributed by atoms with Gasteiger partial charge in [0.05, 0.1) is 11.0 Å². The van der Waals surface area contributed by atoms with Crippen LogP contribution in [-0.2, 0) is 27.0 Å².